The highest BCUT2D eigenvalue weighted by atomic mass is 14.6. The molecule has 88 valence electrons. The van der Waals surface area contributed by atoms with Crippen LogP contribution in [0.4, 0.5) is 0 Å². The molecule has 0 saturated heterocycles. The molecule has 0 bridgehead atoms. The van der Waals surface area contributed by atoms with Gasteiger partial charge in [-0.15, -0.1) is 0 Å². The fraction of sp³-hybridized carbons (Fsp3) is 0.600. The van der Waals surface area contributed by atoms with Crippen LogP contribution in [0.3, 0.4) is 0 Å². The summed E-state index contributed by atoms with van der Waals surface area (Å²) in [7, 11) is 0. The van der Waals surface area contributed by atoms with Gasteiger partial charge in [-0.1, -0.05) is 24.6 Å². The number of rotatable bonds is 3. The predicted molar refractivity (Wildman–Crippen MR) is 69.5 cm³/mol. The van der Waals surface area contributed by atoms with Gasteiger partial charge in [0.05, 0.1) is 0 Å². The van der Waals surface area contributed by atoms with Gasteiger partial charge in [0.1, 0.15) is 0 Å². The summed E-state index contributed by atoms with van der Waals surface area (Å²) in [5.74, 6) is 1.59. The standard InChI is InChI=1S/C15H23N/c1-11-6-7-13(8-12(11)2)9-14-4-3-5-15(14)10-16/h6-8,14-15H,3-5,9-10,16H2,1-2H3. The second kappa shape index (κ2) is 5.01. The maximum Gasteiger partial charge on any atom is -0.00461 e. The lowest BCUT2D eigenvalue weighted by Crippen LogP contribution is -2.20. The maximum atomic E-state index is 5.83. The van der Waals surface area contributed by atoms with Crippen molar-refractivity contribution >= 4 is 0 Å². The van der Waals surface area contributed by atoms with E-state index in [2.05, 4.69) is 32.0 Å². The Morgan fingerprint density at radius 2 is 1.88 bits per heavy atom. The second-order valence-corrected chi connectivity index (χ2v) is 5.31. The molecule has 2 atom stereocenters. The predicted octanol–water partition coefficient (Wildman–Crippen LogP) is 3.22. The third-order valence-corrected chi connectivity index (χ3v) is 4.19. The average molecular weight is 217 g/mol. The van der Waals surface area contributed by atoms with Crippen LogP contribution in [0.2, 0.25) is 0 Å². The van der Waals surface area contributed by atoms with Crippen LogP contribution in [0.25, 0.3) is 0 Å². The molecule has 1 saturated carbocycles. The zero-order valence-electron chi connectivity index (χ0n) is 10.5. The van der Waals surface area contributed by atoms with Crippen molar-refractivity contribution in [3.05, 3.63) is 34.9 Å². The zero-order chi connectivity index (χ0) is 11.5. The molecule has 1 aromatic carbocycles. The topological polar surface area (TPSA) is 26.0 Å². The first-order chi connectivity index (χ1) is 7.70. The summed E-state index contributed by atoms with van der Waals surface area (Å²) in [6.45, 7) is 5.25. The molecule has 0 spiro atoms. The highest BCUT2D eigenvalue weighted by Crippen LogP contribution is 2.33. The molecule has 1 heteroatoms. The Bertz CT molecular complexity index is 356. The van der Waals surface area contributed by atoms with E-state index >= 15 is 0 Å². The fourth-order valence-corrected chi connectivity index (χ4v) is 2.93. The minimum absolute atomic E-state index is 0.765. The van der Waals surface area contributed by atoms with Crippen molar-refractivity contribution in [3.8, 4) is 0 Å². The van der Waals surface area contributed by atoms with Crippen molar-refractivity contribution in [2.24, 2.45) is 17.6 Å². The molecule has 1 aliphatic rings. The fourth-order valence-electron chi connectivity index (χ4n) is 2.93. The summed E-state index contributed by atoms with van der Waals surface area (Å²) >= 11 is 0. The van der Waals surface area contributed by atoms with E-state index in [0.29, 0.717) is 0 Å². The normalized spacial score (nSPS) is 24.9. The van der Waals surface area contributed by atoms with Gasteiger partial charge in [0.15, 0.2) is 0 Å². The Morgan fingerprint density at radius 1 is 1.12 bits per heavy atom. The average Bonchev–Trinajstić information content (AvgIpc) is 2.71. The Labute approximate surface area is 99.0 Å². The number of benzene rings is 1. The van der Waals surface area contributed by atoms with Gasteiger partial charge >= 0.3 is 0 Å². The lowest BCUT2D eigenvalue weighted by molar-refractivity contribution is 0.394. The first-order valence-electron chi connectivity index (χ1n) is 6.47. The van der Waals surface area contributed by atoms with E-state index < -0.39 is 0 Å². The first kappa shape index (κ1) is 11.7. The number of aryl methyl sites for hydroxylation is 2. The molecule has 1 fully saturated rings. The van der Waals surface area contributed by atoms with E-state index in [1.807, 2.05) is 0 Å². The highest BCUT2D eigenvalue weighted by Gasteiger charge is 2.25. The largest absolute Gasteiger partial charge is 0.330 e. The van der Waals surface area contributed by atoms with Crippen LogP contribution < -0.4 is 5.73 Å². The highest BCUT2D eigenvalue weighted by molar-refractivity contribution is 5.30. The summed E-state index contributed by atoms with van der Waals surface area (Å²) in [6.07, 6.45) is 5.31. The zero-order valence-corrected chi connectivity index (χ0v) is 10.5. The molecule has 16 heavy (non-hydrogen) atoms. The lowest BCUT2D eigenvalue weighted by atomic mass is 9.89. The van der Waals surface area contributed by atoms with Gasteiger partial charge in [-0.3, -0.25) is 0 Å². The van der Waals surface area contributed by atoms with Gasteiger partial charge in [0, 0.05) is 0 Å². The van der Waals surface area contributed by atoms with Crippen molar-refractivity contribution in [3.63, 3.8) is 0 Å². The number of hydrogen-bond acceptors (Lipinski definition) is 1. The van der Waals surface area contributed by atoms with Crippen molar-refractivity contribution < 1.29 is 0 Å². The van der Waals surface area contributed by atoms with Gasteiger partial charge in [0.2, 0.25) is 0 Å². The molecule has 1 aromatic rings. The maximum absolute atomic E-state index is 5.83. The minimum atomic E-state index is 0.765. The molecular weight excluding hydrogens is 194 g/mol. The van der Waals surface area contributed by atoms with Gasteiger partial charge in [-0.25, -0.2) is 0 Å². The summed E-state index contributed by atoms with van der Waals surface area (Å²) in [6, 6.07) is 6.88. The van der Waals surface area contributed by atoms with Gasteiger partial charge in [0.25, 0.3) is 0 Å². The van der Waals surface area contributed by atoms with Crippen LogP contribution in [0.5, 0.6) is 0 Å². The van der Waals surface area contributed by atoms with Crippen molar-refractivity contribution in [1.29, 1.82) is 0 Å². The van der Waals surface area contributed by atoms with E-state index in [-0.39, 0.29) is 0 Å². The van der Waals surface area contributed by atoms with Crippen LogP contribution in [0.15, 0.2) is 18.2 Å². The molecule has 2 rings (SSSR count). The van der Waals surface area contributed by atoms with Crippen LogP contribution in [0.1, 0.15) is 36.0 Å². The summed E-state index contributed by atoms with van der Waals surface area (Å²) < 4.78 is 0. The molecule has 0 heterocycles. The van der Waals surface area contributed by atoms with Gasteiger partial charge in [-0.2, -0.15) is 0 Å². The third-order valence-electron chi connectivity index (χ3n) is 4.19. The number of nitrogens with two attached hydrogens (primary N) is 1. The Morgan fingerprint density at radius 3 is 2.56 bits per heavy atom. The summed E-state index contributed by atoms with van der Waals surface area (Å²) in [5.41, 5.74) is 10.1. The van der Waals surface area contributed by atoms with E-state index in [1.54, 1.807) is 0 Å². The SMILES string of the molecule is Cc1ccc(CC2CCCC2CN)cc1C. The molecule has 0 aromatic heterocycles. The summed E-state index contributed by atoms with van der Waals surface area (Å²) in [4.78, 5) is 0. The Kier molecular flexibility index (Phi) is 3.65. The van der Waals surface area contributed by atoms with E-state index in [4.69, 9.17) is 5.73 Å². The minimum Gasteiger partial charge on any atom is -0.330 e. The first-order valence-corrected chi connectivity index (χ1v) is 6.47. The van der Waals surface area contributed by atoms with Crippen LogP contribution in [0, 0.1) is 25.7 Å². The molecule has 0 aliphatic heterocycles. The smallest absolute Gasteiger partial charge is 0.00461 e. The molecule has 1 aliphatic carbocycles. The van der Waals surface area contributed by atoms with E-state index in [9.17, 15) is 0 Å². The second-order valence-electron chi connectivity index (χ2n) is 5.31. The van der Waals surface area contributed by atoms with Gasteiger partial charge < -0.3 is 5.73 Å². The molecule has 0 radical (unpaired) electrons. The molecule has 2 N–H and O–H groups in total. The van der Waals surface area contributed by atoms with E-state index in [0.717, 1.165) is 18.4 Å². The van der Waals surface area contributed by atoms with Gasteiger partial charge in [-0.05, 0) is 68.2 Å². The van der Waals surface area contributed by atoms with E-state index in [1.165, 1.54) is 42.4 Å². The van der Waals surface area contributed by atoms with Crippen molar-refractivity contribution in [2.75, 3.05) is 6.54 Å². The van der Waals surface area contributed by atoms with Crippen molar-refractivity contribution in [2.45, 2.75) is 39.5 Å². The summed E-state index contributed by atoms with van der Waals surface area (Å²) in [5, 5.41) is 0. The van der Waals surface area contributed by atoms with Crippen LogP contribution in [-0.4, -0.2) is 6.54 Å². The molecule has 0 amide bonds. The van der Waals surface area contributed by atoms with Crippen LogP contribution in [-0.2, 0) is 6.42 Å². The Balaban J connectivity index is 2.05. The third kappa shape index (κ3) is 2.46. The Hall–Kier alpha value is -0.820. The number of hydrogen-bond donors (Lipinski definition) is 1. The molecule has 2 unspecified atom stereocenters. The quantitative estimate of drug-likeness (QED) is 0.826. The monoisotopic (exact) mass is 217 g/mol. The molecular formula is C15H23N. The van der Waals surface area contributed by atoms with Crippen molar-refractivity contribution in [1.82, 2.24) is 0 Å². The van der Waals surface area contributed by atoms with Crippen LogP contribution >= 0.6 is 0 Å². The lowest BCUT2D eigenvalue weighted by Gasteiger charge is -2.18. The molecule has 1 nitrogen and oxygen atoms in total.